The van der Waals surface area contributed by atoms with Crippen molar-refractivity contribution in [3.05, 3.63) is 0 Å². The average Bonchev–Trinajstić information content (AvgIpc) is 2.15. The molecule has 0 radical (unpaired) electrons. The predicted molar refractivity (Wildman–Crippen MR) is 48.0 cm³/mol. The van der Waals surface area contributed by atoms with Crippen molar-refractivity contribution in [2.45, 2.75) is 30.7 Å². The van der Waals surface area contributed by atoms with E-state index in [0.29, 0.717) is 0 Å². The summed E-state index contributed by atoms with van der Waals surface area (Å²) in [6.45, 7) is -0.440. The average molecular weight is 231 g/mol. The van der Waals surface area contributed by atoms with Crippen LogP contribution >= 0.6 is 12.4 Å². The fraction of sp³-hybridized carbons (Fsp3) is 1.00. The second-order valence-electron chi connectivity index (χ2n) is 2.93. The van der Waals surface area contributed by atoms with E-state index < -0.39 is 37.3 Å². The maximum absolute atomic E-state index is 9.28. The number of aliphatic hydroxyl groups is 4. The zero-order chi connectivity index (χ0) is 10.0. The molecule has 0 amide bonds. The normalized spacial score (nSPS) is 43.1. The van der Waals surface area contributed by atoms with Crippen molar-refractivity contribution in [3.8, 4) is 0 Å². The highest BCUT2D eigenvalue weighted by molar-refractivity contribution is 5.85. The number of halogens is 1. The van der Waals surface area contributed by atoms with Crippen LogP contribution in [0.3, 0.4) is 0 Å². The monoisotopic (exact) mass is 230 g/mol. The summed E-state index contributed by atoms with van der Waals surface area (Å²) in [6, 6.07) is 0. The highest BCUT2D eigenvalue weighted by atomic mass is 35.5. The van der Waals surface area contributed by atoms with Gasteiger partial charge in [0.1, 0.15) is 24.4 Å². The van der Waals surface area contributed by atoms with E-state index in [9.17, 15) is 15.3 Å². The molecule has 0 aliphatic carbocycles. The van der Waals surface area contributed by atoms with Gasteiger partial charge in [-0.2, -0.15) is 0 Å². The van der Waals surface area contributed by atoms with E-state index in [-0.39, 0.29) is 12.4 Å². The molecular formula is C7H15ClO6. The van der Waals surface area contributed by atoms with Crippen LogP contribution in [0.2, 0.25) is 0 Å². The molecule has 4 N–H and O–H groups in total. The van der Waals surface area contributed by atoms with Gasteiger partial charge in [0, 0.05) is 7.11 Å². The lowest BCUT2D eigenvalue weighted by Crippen LogP contribution is -2.58. The van der Waals surface area contributed by atoms with Crippen LogP contribution in [0.1, 0.15) is 0 Å². The molecule has 0 bridgehead atoms. The van der Waals surface area contributed by atoms with Gasteiger partial charge in [-0.25, -0.2) is 0 Å². The summed E-state index contributed by atoms with van der Waals surface area (Å²) in [5.74, 6) is 0. The highest BCUT2D eigenvalue weighted by Gasteiger charge is 2.43. The molecule has 7 heteroatoms. The largest absolute Gasteiger partial charge is 0.394 e. The fourth-order valence-corrected chi connectivity index (χ4v) is 1.26. The van der Waals surface area contributed by atoms with Crippen molar-refractivity contribution < 1.29 is 29.9 Å². The van der Waals surface area contributed by atoms with E-state index in [4.69, 9.17) is 14.6 Å². The maximum atomic E-state index is 9.28. The predicted octanol–water partition coefficient (Wildman–Crippen LogP) is -2.15. The summed E-state index contributed by atoms with van der Waals surface area (Å²) in [6.07, 6.45) is -5.91. The molecule has 1 aliphatic rings. The molecule has 86 valence electrons. The standard InChI is InChI=1S/C7H14O6.ClH/c1-12-7-6(11)5(10)4(9)3(2-8)13-7;/h3-11H,2H2,1H3;1H/t3?,4-,5+,6-,7-;/m0./s1. The topological polar surface area (TPSA) is 99.4 Å². The Hall–Kier alpha value is 0.0500. The molecule has 0 aromatic rings. The van der Waals surface area contributed by atoms with Gasteiger partial charge in [0.15, 0.2) is 6.29 Å². The zero-order valence-electron chi connectivity index (χ0n) is 7.61. The Labute approximate surface area is 87.5 Å². The first kappa shape index (κ1) is 14.1. The number of methoxy groups -OCH3 is 1. The van der Waals surface area contributed by atoms with E-state index in [1.165, 1.54) is 7.11 Å². The number of rotatable bonds is 2. The molecule has 14 heavy (non-hydrogen) atoms. The van der Waals surface area contributed by atoms with Gasteiger partial charge >= 0.3 is 0 Å². The lowest BCUT2D eigenvalue weighted by molar-refractivity contribution is -0.294. The second-order valence-corrected chi connectivity index (χ2v) is 2.93. The van der Waals surface area contributed by atoms with E-state index in [2.05, 4.69) is 0 Å². The van der Waals surface area contributed by atoms with Gasteiger partial charge in [-0.1, -0.05) is 0 Å². The molecule has 0 saturated carbocycles. The van der Waals surface area contributed by atoms with Crippen LogP contribution in [0.5, 0.6) is 0 Å². The number of hydrogen-bond acceptors (Lipinski definition) is 6. The summed E-state index contributed by atoms with van der Waals surface area (Å²) in [5.41, 5.74) is 0. The Morgan fingerprint density at radius 2 is 1.71 bits per heavy atom. The van der Waals surface area contributed by atoms with Gasteiger partial charge in [0.05, 0.1) is 6.61 Å². The molecule has 6 nitrogen and oxygen atoms in total. The molecule has 0 aromatic carbocycles. The Balaban J connectivity index is 0.00000169. The molecule has 1 unspecified atom stereocenters. The Morgan fingerprint density at radius 3 is 2.14 bits per heavy atom. The van der Waals surface area contributed by atoms with Crippen LogP contribution in [0, 0.1) is 0 Å². The van der Waals surface area contributed by atoms with Gasteiger partial charge < -0.3 is 29.9 Å². The number of ether oxygens (including phenoxy) is 2. The highest BCUT2D eigenvalue weighted by Crippen LogP contribution is 2.20. The zero-order valence-corrected chi connectivity index (χ0v) is 8.42. The van der Waals surface area contributed by atoms with Crippen LogP contribution in [0.4, 0.5) is 0 Å². The van der Waals surface area contributed by atoms with Crippen molar-refractivity contribution in [2.24, 2.45) is 0 Å². The first-order chi connectivity index (χ1) is 6.11. The van der Waals surface area contributed by atoms with Crippen molar-refractivity contribution in [1.29, 1.82) is 0 Å². The van der Waals surface area contributed by atoms with Gasteiger partial charge in [0.25, 0.3) is 0 Å². The third kappa shape index (κ3) is 2.54. The summed E-state index contributed by atoms with van der Waals surface area (Å²) in [4.78, 5) is 0. The van der Waals surface area contributed by atoms with Crippen LogP contribution in [-0.4, -0.2) is 64.8 Å². The minimum atomic E-state index is -1.36. The Kier molecular flexibility index (Phi) is 5.84. The maximum Gasteiger partial charge on any atom is 0.186 e. The van der Waals surface area contributed by atoms with Crippen molar-refractivity contribution in [3.63, 3.8) is 0 Å². The van der Waals surface area contributed by atoms with Gasteiger partial charge in [0.2, 0.25) is 0 Å². The van der Waals surface area contributed by atoms with E-state index in [1.54, 1.807) is 0 Å². The second kappa shape index (κ2) is 5.82. The van der Waals surface area contributed by atoms with Gasteiger partial charge in [-0.3, -0.25) is 0 Å². The SMILES string of the molecule is CO[C@H]1OC(CO)[C@H](O)[C@@H](O)[C@@H]1O.Cl. The number of aliphatic hydroxyl groups excluding tert-OH is 4. The summed E-state index contributed by atoms with van der Waals surface area (Å²) in [7, 11) is 1.30. The number of hydrogen-bond donors (Lipinski definition) is 4. The molecule has 1 fully saturated rings. The fourth-order valence-electron chi connectivity index (χ4n) is 1.26. The van der Waals surface area contributed by atoms with Crippen molar-refractivity contribution in [2.75, 3.05) is 13.7 Å². The lowest BCUT2D eigenvalue weighted by Gasteiger charge is -2.38. The lowest BCUT2D eigenvalue weighted by atomic mass is 9.99. The third-order valence-corrected chi connectivity index (χ3v) is 2.08. The van der Waals surface area contributed by atoms with Crippen LogP contribution in [-0.2, 0) is 9.47 Å². The summed E-state index contributed by atoms with van der Waals surface area (Å²) in [5, 5.41) is 36.6. The Morgan fingerprint density at radius 1 is 1.14 bits per heavy atom. The first-order valence-electron chi connectivity index (χ1n) is 3.95. The van der Waals surface area contributed by atoms with E-state index in [1.807, 2.05) is 0 Å². The molecule has 1 aliphatic heterocycles. The molecule has 0 aromatic heterocycles. The summed E-state index contributed by atoms with van der Waals surface area (Å²) < 4.78 is 9.65. The quantitative estimate of drug-likeness (QED) is 0.432. The molecule has 1 heterocycles. The minimum Gasteiger partial charge on any atom is -0.394 e. The molecule has 1 saturated heterocycles. The molecule has 5 atom stereocenters. The summed E-state index contributed by atoms with van der Waals surface area (Å²) >= 11 is 0. The van der Waals surface area contributed by atoms with E-state index >= 15 is 0 Å². The van der Waals surface area contributed by atoms with Crippen molar-refractivity contribution >= 4 is 12.4 Å². The van der Waals surface area contributed by atoms with E-state index in [0.717, 1.165) is 0 Å². The van der Waals surface area contributed by atoms with Crippen molar-refractivity contribution in [1.82, 2.24) is 0 Å². The molecule has 1 rings (SSSR count). The molecular weight excluding hydrogens is 216 g/mol. The Bertz CT molecular complexity index is 148. The van der Waals surface area contributed by atoms with Crippen LogP contribution in [0.15, 0.2) is 0 Å². The van der Waals surface area contributed by atoms with Gasteiger partial charge in [-0.15, -0.1) is 12.4 Å². The van der Waals surface area contributed by atoms with Crippen LogP contribution in [0.25, 0.3) is 0 Å². The third-order valence-electron chi connectivity index (χ3n) is 2.08. The first-order valence-corrected chi connectivity index (χ1v) is 3.95. The van der Waals surface area contributed by atoms with Gasteiger partial charge in [-0.05, 0) is 0 Å². The van der Waals surface area contributed by atoms with Crippen LogP contribution < -0.4 is 0 Å². The smallest absolute Gasteiger partial charge is 0.186 e. The minimum absolute atomic E-state index is 0. The molecule has 0 spiro atoms.